The molecule has 0 spiro atoms. The maximum absolute atomic E-state index is 6.29. The molecular formula is C19H18ClN3O3. The number of rotatable bonds is 6. The van der Waals surface area contributed by atoms with Crippen LogP contribution in [0.2, 0.25) is 5.02 Å². The SMILES string of the molecule is Clc1ccc(C2(Cn3cncn3)OCC(COc3ccccc3)O2)cc1. The first kappa shape index (κ1) is 17.0. The van der Waals surface area contributed by atoms with Crippen molar-refractivity contribution in [3.8, 4) is 5.75 Å². The Balaban J connectivity index is 1.51. The second-order valence-electron chi connectivity index (χ2n) is 6.03. The van der Waals surface area contributed by atoms with E-state index in [4.69, 9.17) is 25.8 Å². The molecule has 134 valence electrons. The Kier molecular flexibility index (Phi) is 4.88. The number of nitrogens with zero attached hydrogens (tertiary/aromatic N) is 3. The zero-order chi connectivity index (χ0) is 17.8. The van der Waals surface area contributed by atoms with Crippen LogP contribution in [0.1, 0.15) is 5.56 Å². The number of halogens is 1. The van der Waals surface area contributed by atoms with Crippen LogP contribution in [0, 0.1) is 0 Å². The normalized spacial score (nSPS) is 22.4. The standard InChI is InChI=1S/C19H18ClN3O3/c20-16-8-6-15(7-9-16)19(12-23-14-21-13-22-23)25-11-18(26-19)10-24-17-4-2-1-3-5-17/h1-9,13-14,18H,10-12H2. The van der Waals surface area contributed by atoms with Gasteiger partial charge in [-0.25, -0.2) is 9.67 Å². The molecule has 0 N–H and O–H groups in total. The van der Waals surface area contributed by atoms with Gasteiger partial charge < -0.3 is 14.2 Å². The topological polar surface area (TPSA) is 58.4 Å². The van der Waals surface area contributed by atoms with Crippen molar-refractivity contribution in [3.63, 3.8) is 0 Å². The molecule has 7 heteroatoms. The second kappa shape index (κ2) is 7.45. The van der Waals surface area contributed by atoms with Gasteiger partial charge in [0.25, 0.3) is 0 Å². The van der Waals surface area contributed by atoms with Gasteiger partial charge in [-0.2, -0.15) is 5.10 Å². The molecule has 1 fully saturated rings. The van der Waals surface area contributed by atoms with Crippen LogP contribution in [0.25, 0.3) is 0 Å². The predicted molar refractivity (Wildman–Crippen MR) is 95.9 cm³/mol. The average molecular weight is 372 g/mol. The van der Waals surface area contributed by atoms with Crippen molar-refractivity contribution < 1.29 is 14.2 Å². The molecule has 0 saturated carbocycles. The van der Waals surface area contributed by atoms with Crippen molar-refractivity contribution >= 4 is 11.6 Å². The molecule has 0 bridgehead atoms. The van der Waals surface area contributed by atoms with E-state index in [-0.39, 0.29) is 6.10 Å². The van der Waals surface area contributed by atoms with Crippen LogP contribution < -0.4 is 4.74 Å². The van der Waals surface area contributed by atoms with Crippen molar-refractivity contribution in [2.24, 2.45) is 0 Å². The molecule has 2 atom stereocenters. The van der Waals surface area contributed by atoms with E-state index in [2.05, 4.69) is 10.1 Å². The Morgan fingerprint density at radius 2 is 1.96 bits per heavy atom. The van der Waals surface area contributed by atoms with Crippen LogP contribution in [0.15, 0.2) is 67.3 Å². The van der Waals surface area contributed by atoms with Gasteiger partial charge in [0.2, 0.25) is 5.79 Å². The highest BCUT2D eigenvalue weighted by Gasteiger charge is 2.44. The summed E-state index contributed by atoms with van der Waals surface area (Å²) in [6.45, 7) is 1.21. The zero-order valence-corrected chi connectivity index (χ0v) is 14.7. The fourth-order valence-electron chi connectivity index (χ4n) is 2.91. The van der Waals surface area contributed by atoms with Crippen LogP contribution in [0.4, 0.5) is 0 Å². The third-order valence-electron chi connectivity index (χ3n) is 4.16. The number of hydrogen-bond acceptors (Lipinski definition) is 5. The Hall–Kier alpha value is -2.41. The van der Waals surface area contributed by atoms with E-state index in [0.29, 0.717) is 24.8 Å². The molecule has 3 aromatic rings. The van der Waals surface area contributed by atoms with E-state index in [0.717, 1.165) is 11.3 Å². The summed E-state index contributed by atoms with van der Waals surface area (Å²) in [6.07, 6.45) is 2.92. The van der Waals surface area contributed by atoms with Crippen molar-refractivity contribution in [1.29, 1.82) is 0 Å². The van der Waals surface area contributed by atoms with Gasteiger partial charge in [-0.3, -0.25) is 0 Å². The van der Waals surface area contributed by atoms with E-state index < -0.39 is 5.79 Å². The van der Waals surface area contributed by atoms with Crippen LogP contribution in [-0.2, 0) is 21.8 Å². The molecule has 26 heavy (non-hydrogen) atoms. The van der Waals surface area contributed by atoms with Gasteiger partial charge in [0.05, 0.1) is 6.61 Å². The van der Waals surface area contributed by atoms with Gasteiger partial charge in [-0.15, -0.1) is 0 Å². The highest BCUT2D eigenvalue weighted by molar-refractivity contribution is 6.30. The quantitative estimate of drug-likeness (QED) is 0.665. The molecular weight excluding hydrogens is 354 g/mol. The number of hydrogen-bond donors (Lipinski definition) is 0. The van der Waals surface area contributed by atoms with Crippen molar-refractivity contribution in [2.75, 3.05) is 13.2 Å². The first-order chi connectivity index (χ1) is 12.7. The fraction of sp³-hybridized carbons (Fsp3) is 0.263. The van der Waals surface area contributed by atoms with E-state index in [1.54, 1.807) is 11.0 Å². The fourth-order valence-corrected chi connectivity index (χ4v) is 3.04. The molecule has 1 aromatic heterocycles. The van der Waals surface area contributed by atoms with Gasteiger partial charge in [0, 0.05) is 10.6 Å². The highest BCUT2D eigenvalue weighted by Crippen LogP contribution is 2.36. The molecule has 6 nitrogen and oxygen atoms in total. The van der Waals surface area contributed by atoms with Crippen LogP contribution in [-0.4, -0.2) is 34.1 Å². The van der Waals surface area contributed by atoms with Crippen LogP contribution in [0.3, 0.4) is 0 Å². The Labute approximate surface area is 156 Å². The minimum absolute atomic E-state index is 0.200. The highest BCUT2D eigenvalue weighted by atomic mass is 35.5. The summed E-state index contributed by atoms with van der Waals surface area (Å²) >= 11 is 6.02. The molecule has 2 heterocycles. The lowest BCUT2D eigenvalue weighted by atomic mass is 10.1. The minimum Gasteiger partial charge on any atom is -0.491 e. The Bertz CT molecular complexity index is 827. The van der Waals surface area contributed by atoms with Crippen LogP contribution >= 0.6 is 11.6 Å². The number of para-hydroxylation sites is 1. The summed E-state index contributed by atoms with van der Waals surface area (Å²) in [7, 11) is 0. The predicted octanol–water partition coefficient (Wildman–Crippen LogP) is 3.28. The lowest BCUT2D eigenvalue weighted by Crippen LogP contribution is -2.34. The van der Waals surface area contributed by atoms with E-state index in [9.17, 15) is 0 Å². The maximum atomic E-state index is 6.29. The molecule has 1 saturated heterocycles. The molecule has 4 rings (SSSR count). The first-order valence-electron chi connectivity index (χ1n) is 8.32. The van der Waals surface area contributed by atoms with Gasteiger partial charge >= 0.3 is 0 Å². The van der Waals surface area contributed by atoms with Gasteiger partial charge in [-0.05, 0) is 24.3 Å². The average Bonchev–Trinajstić information content (AvgIpc) is 3.32. The number of aromatic nitrogens is 3. The van der Waals surface area contributed by atoms with Crippen LogP contribution in [0.5, 0.6) is 5.75 Å². The molecule has 0 radical (unpaired) electrons. The summed E-state index contributed by atoms with van der Waals surface area (Å²) in [5.41, 5.74) is 0.875. The largest absolute Gasteiger partial charge is 0.491 e. The number of ether oxygens (including phenoxy) is 3. The third-order valence-corrected chi connectivity index (χ3v) is 4.41. The lowest BCUT2D eigenvalue weighted by molar-refractivity contribution is -0.190. The van der Waals surface area contributed by atoms with Crippen molar-refractivity contribution in [3.05, 3.63) is 77.8 Å². The second-order valence-corrected chi connectivity index (χ2v) is 6.46. The van der Waals surface area contributed by atoms with E-state index >= 15 is 0 Å². The molecule has 0 amide bonds. The molecule has 1 aliphatic heterocycles. The summed E-state index contributed by atoms with van der Waals surface area (Å²) in [5.74, 6) is -0.153. The van der Waals surface area contributed by atoms with E-state index in [1.165, 1.54) is 6.33 Å². The molecule has 1 aliphatic rings. The van der Waals surface area contributed by atoms with Crippen molar-refractivity contribution in [1.82, 2.24) is 14.8 Å². The Morgan fingerprint density at radius 3 is 2.69 bits per heavy atom. The van der Waals surface area contributed by atoms with Gasteiger partial charge in [0.15, 0.2) is 0 Å². The summed E-state index contributed by atoms with van der Waals surface area (Å²) in [6, 6.07) is 17.1. The monoisotopic (exact) mass is 371 g/mol. The minimum atomic E-state index is -0.955. The first-order valence-corrected chi connectivity index (χ1v) is 8.69. The van der Waals surface area contributed by atoms with E-state index in [1.807, 2.05) is 54.6 Å². The molecule has 0 aliphatic carbocycles. The Morgan fingerprint density at radius 1 is 1.15 bits per heavy atom. The summed E-state index contributed by atoms with van der Waals surface area (Å²) in [4.78, 5) is 3.99. The van der Waals surface area contributed by atoms with Gasteiger partial charge in [-0.1, -0.05) is 41.9 Å². The third kappa shape index (κ3) is 3.72. The lowest BCUT2D eigenvalue weighted by Gasteiger charge is -2.28. The summed E-state index contributed by atoms with van der Waals surface area (Å²) < 4.78 is 19.9. The number of benzene rings is 2. The van der Waals surface area contributed by atoms with Crippen molar-refractivity contribution in [2.45, 2.75) is 18.4 Å². The van der Waals surface area contributed by atoms with Gasteiger partial charge in [0.1, 0.15) is 37.7 Å². The zero-order valence-electron chi connectivity index (χ0n) is 14.0. The molecule has 2 aromatic carbocycles. The summed E-state index contributed by atoms with van der Waals surface area (Å²) in [5, 5.41) is 4.83. The maximum Gasteiger partial charge on any atom is 0.215 e. The molecule has 2 unspecified atom stereocenters. The smallest absolute Gasteiger partial charge is 0.215 e.